The van der Waals surface area contributed by atoms with Gasteiger partial charge in [0.1, 0.15) is 0 Å². The summed E-state index contributed by atoms with van der Waals surface area (Å²) in [5.74, 6) is 6.22. The molecule has 1 heterocycles. The maximum absolute atomic E-state index is 5.67. The number of nitrogens with zero attached hydrogens (tertiary/aromatic N) is 1. The van der Waals surface area contributed by atoms with Gasteiger partial charge in [-0.05, 0) is 24.0 Å². The van der Waals surface area contributed by atoms with E-state index >= 15 is 0 Å². The van der Waals surface area contributed by atoms with E-state index in [2.05, 4.69) is 48.5 Å². The van der Waals surface area contributed by atoms with Crippen LogP contribution in [0.3, 0.4) is 0 Å². The molecule has 3 N–H and O–H groups in total. The average Bonchev–Trinajstić information content (AvgIpc) is 2.77. The lowest BCUT2D eigenvalue weighted by Gasteiger charge is -2.15. The second-order valence-electron chi connectivity index (χ2n) is 4.70. The van der Waals surface area contributed by atoms with Gasteiger partial charge in [0.15, 0.2) is 0 Å². The first-order chi connectivity index (χ1) is 8.61. The highest BCUT2D eigenvalue weighted by Crippen LogP contribution is 2.27. The largest absolute Gasteiger partial charge is 0.271 e. The van der Waals surface area contributed by atoms with E-state index in [1.54, 1.807) is 11.3 Å². The molecule has 0 radical (unpaired) electrons. The van der Waals surface area contributed by atoms with Crippen molar-refractivity contribution in [1.82, 2.24) is 10.4 Å². The first kappa shape index (κ1) is 13.2. The Labute approximate surface area is 112 Å². The summed E-state index contributed by atoms with van der Waals surface area (Å²) in [6, 6.07) is 8.62. The second kappa shape index (κ2) is 5.61. The van der Waals surface area contributed by atoms with Gasteiger partial charge in [0.2, 0.25) is 0 Å². The third kappa shape index (κ3) is 2.77. The number of hydrogen-bond donors (Lipinski definition) is 2. The molecule has 18 heavy (non-hydrogen) atoms. The molecule has 1 atom stereocenters. The molecule has 4 heteroatoms. The van der Waals surface area contributed by atoms with E-state index in [1.807, 2.05) is 13.1 Å². The summed E-state index contributed by atoms with van der Waals surface area (Å²) in [4.78, 5) is 5.43. The number of thiazole rings is 1. The zero-order chi connectivity index (χ0) is 13.1. The normalized spacial score (nSPS) is 12.9. The number of aryl methyl sites for hydroxylation is 1. The summed E-state index contributed by atoms with van der Waals surface area (Å²) < 4.78 is 0. The topological polar surface area (TPSA) is 50.9 Å². The molecule has 1 aromatic carbocycles. The van der Waals surface area contributed by atoms with Crippen molar-refractivity contribution in [2.75, 3.05) is 0 Å². The number of nitrogens with two attached hydrogens (primary N) is 1. The van der Waals surface area contributed by atoms with Crippen molar-refractivity contribution in [3.8, 4) is 0 Å². The zero-order valence-electron chi connectivity index (χ0n) is 11.0. The number of hydrogen-bond acceptors (Lipinski definition) is 4. The summed E-state index contributed by atoms with van der Waals surface area (Å²) >= 11 is 1.67. The van der Waals surface area contributed by atoms with Crippen LogP contribution < -0.4 is 11.3 Å². The van der Waals surface area contributed by atoms with Crippen LogP contribution in [0.25, 0.3) is 0 Å². The smallest absolute Gasteiger partial charge is 0.0897 e. The summed E-state index contributed by atoms with van der Waals surface area (Å²) in [7, 11) is 0. The Morgan fingerprint density at radius 2 is 1.78 bits per heavy atom. The molecule has 3 nitrogen and oxygen atoms in total. The molecule has 0 aliphatic rings. The van der Waals surface area contributed by atoms with Crippen LogP contribution in [0.1, 0.15) is 46.8 Å². The molecule has 2 rings (SSSR count). The second-order valence-corrected chi connectivity index (χ2v) is 5.97. The van der Waals surface area contributed by atoms with Crippen LogP contribution in [0, 0.1) is 6.92 Å². The summed E-state index contributed by atoms with van der Waals surface area (Å²) in [6.45, 7) is 6.39. The van der Waals surface area contributed by atoms with Crippen LogP contribution in [0.15, 0.2) is 30.5 Å². The number of hydrazine groups is 1. The Bertz CT molecular complexity index is 502. The van der Waals surface area contributed by atoms with Gasteiger partial charge in [0, 0.05) is 11.1 Å². The molecule has 0 fully saturated rings. The molecular formula is C14H19N3S. The van der Waals surface area contributed by atoms with E-state index < -0.39 is 0 Å². The molecule has 0 spiro atoms. The van der Waals surface area contributed by atoms with Crippen LogP contribution >= 0.6 is 11.3 Å². The maximum atomic E-state index is 5.67. The summed E-state index contributed by atoms with van der Waals surface area (Å²) in [6.07, 6.45) is 1.89. The van der Waals surface area contributed by atoms with Gasteiger partial charge in [-0.25, -0.2) is 10.4 Å². The summed E-state index contributed by atoms with van der Waals surface area (Å²) in [5, 5.41) is 1.06. The van der Waals surface area contributed by atoms with Crippen molar-refractivity contribution >= 4 is 11.3 Å². The fraction of sp³-hybridized carbons (Fsp3) is 0.357. The van der Waals surface area contributed by atoms with Gasteiger partial charge in [-0.1, -0.05) is 38.1 Å². The van der Waals surface area contributed by atoms with E-state index in [9.17, 15) is 0 Å². The van der Waals surface area contributed by atoms with Gasteiger partial charge in [-0.2, -0.15) is 0 Å². The van der Waals surface area contributed by atoms with Gasteiger partial charge in [-0.15, -0.1) is 11.3 Å². The van der Waals surface area contributed by atoms with Crippen LogP contribution in [0.5, 0.6) is 0 Å². The first-order valence-corrected chi connectivity index (χ1v) is 6.91. The molecule has 0 amide bonds. The summed E-state index contributed by atoms with van der Waals surface area (Å²) in [5.41, 5.74) is 5.38. The highest BCUT2D eigenvalue weighted by Gasteiger charge is 2.15. The van der Waals surface area contributed by atoms with E-state index in [4.69, 9.17) is 5.84 Å². The van der Waals surface area contributed by atoms with Crippen molar-refractivity contribution in [2.24, 2.45) is 5.84 Å². The Hall–Kier alpha value is -1.23. The molecule has 0 saturated heterocycles. The molecule has 2 aromatic rings. The first-order valence-electron chi connectivity index (χ1n) is 6.10. The van der Waals surface area contributed by atoms with Crippen molar-refractivity contribution < 1.29 is 0 Å². The van der Waals surface area contributed by atoms with E-state index in [-0.39, 0.29) is 6.04 Å². The molecule has 0 aliphatic carbocycles. The number of aromatic nitrogens is 1. The maximum Gasteiger partial charge on any atom is 0.0897 e. The minimum absolute atomic E-state index is 0.0254. The Balaban J connectivity index is 2.28. The van der Waals surface area contributed by atoms with Crippen molar-refractivity contribution in [3.63, 3.8) is 0 Å². The Morgan fingerprint density at radius 1 is 1.17 bits per heavy atom. The van der Waals surface area contributed by atoms with Crippen LogP contribution in [0.4, 0.5) is 0 Å². The molecule has 0 saturated carbocycles. The minimum Gasteiger partial charge on any atom is -0.271 e. The predicted molar refractivity (Wildman–Crippen MR) is 76.5 cm³/mol. The van der Waals surface area contributed by atoms with Crippen molar-refractivity contribution in [3.05, 3.63) is 51.5 Å². The molecule has 96 valence electrons. The van der Waals surface area contributed by atoms with Crippen LogP contribution in [-0.2, 0) is 0 Å². The van der Waals surface area contributed by atoms with Gasteiger partial charge in [-0.3, -0.25) is 5.84 Å². The number of benzene rings is 1. The number of rotatable bonds is 4. The van der Waals surface area contributed by atoms with Gasteiger partial charge >= 0.3 is 0 Å². The highest BCUT2D eigenvalue weighted by atomic mass is 32.1. The third-order valence-electron chi connectivity index (χ3n) is 3.03. The zero-order valence-corrected chi connectivity index (χ0v) is 11.8. The lowest BCUT2D eigenvalue weighted by Crippen LogP contribution is -2.28. The van der Waals surface area contributed by atoms with Crippen molar-refractivity contribution in [1.29, 1.82) is 0 Å². The van der Waals surface area contributed by atoms with Crippen LogP contribution in [-0.4, -0.2) is 4.98 Å². The molecule has 1 unspecified atom stereocenters. The molecular weight excluding hydrogens is 242 g/mol. The lowest BCUT2D eigenvalue weighted by molar-refractivity contribution is 0.645. The molecule has 0 aliphatic heterocycles. The van der Waals surface area contributed by atoms with Gasteiger partial charge < -0.3 is 0 Å². The van der Waals surface area contributed by atoms with E-state index in [1.165, 1.54) is 11.1 Å². The number of nitrogens with one attached hydrogen (secondary N) is 1. The van der Waals surface area contributed by atoms with Gasteiger partial charge in [0.05, 0.1) is 11.0 Å². The SMILES string of the molecule is Cc1ncc(C(NN)c2ccc(C(C)C)cc2)s1. The standard InChI is InChI=1S/C14H19N3S/c1-9(2)11-4-6-12(7-5-11)14(17-15)13-8-16-10(3)18-13/h4-9,14,17H,15H2,1-3H3. The quantitative estimate of drug-likeness (QED) is 0.656. The lowest BCUT2D eigenvalue weighted by atomic mass is 9.99. The van der Waals surface area contributed by atoms with Crippen molar-refractivity contribution in [2.45, 2.75) is 32.7 Å². The highest BCUT2D eigenvalue weighted by molar-refractivity contribution is 7.11. The molecule has 0 bridgehead atoms. The minimum atomic E-state index is 0.0254. The van der Waals surface area contributed by atoms with Crippen LogP contribution in [0.2, 0.25) is 0 Å². The Kier molecular flexibility index (Phi) is 4.11. The Morgan fingerprint density at radius 3 is 2.22 bits per heavy atom. The fourth-order valence-electron chi connectivity index (χ4n) is 1.93. The average molecular weight is 261 g/mol. The van der Waals surface area contributed by atoms with E-state index in [0.29, 0.717) is 5.92 Å². The predicted octanol–water partition coefficient (Wildman–Crippen LogP) is 3.13. The monoisotopic (exact) mass is 261 g/mol. The fourth-order valence-corrected chi connectivity index (χ4v) is 2.80. The third-order valence-corrected chi connectivity index (χ3v) is 4.00. The molecule has 1 aromatic heterocycles. The van der Waals surface area contributed by atoms with Gasteiger partial charge in [0.25, 0.3) is 0 Å². The van der Waals surface area contributed by atoms with E-state index in [0.717, 1.165) is 9.88 Å².